The zero-order chi connectivity index (χ0) is 25.5. The van der Waals surface area contributed by atoms with Crippen molar-refractivity contribution >= 4 is 23.1 Å². The molecule has 0 spiro atoms. The summed E-state index contributed by atoms with van der Waals surface area (Å²) in [6.45, 7) is 4.72. The van der Waals surface area contributed by atoms with Crippen LogP contribution in [0.5, 0.6) is 0 Å². The highest BCUT2D eigenvalue weighted by molar-refractivity contribution is 5.55. The van der Waals surface area contributed by atoms with Crippen LogP contribution in [0, 0.1) is 0 Å². The maximum absolute atomic E-state index is 3.83. The van der Waals surface area contributed by atoms with Crippen LogP contribution in [0.15, 0.2) is 104 Å². The van der Waals surface area contributed by atoms with Crippen LogP contribution in [0.25, 0.3) is 6.08 Å². The molecule has 0 heterocycles. The lowest BCUT2D eigenvalue weighted by atomic mass is 9.85. The molecule has 0 unspecified atom stereocenters. The number of hydrogen-bond donors (Lipinski definition) is 1. The van der Waals surface area contributed by atoms with E-state index in [0.717, 1.165) is 24.2 Å². The van der Waals surface area contributed by atoms with E-state index >= 15 is 0 Å². The maximum atomic E-state index is 3.83. The van der Waals surface area contributed by atoms with Crippen molar-refractivity contribution in [3.63, 3.8) is 0 Å². The third-order valence-corrected chi connectivity index (χ3v) is 6.69. The van der Waals surface area contributed by atoms with Crippen molar-refractivity contribution in [2.24, 2.45) is 0 Å². The monoisotopic (exact) mass is 475 g/mol. The Kier molecular flexibility index (Phi) is 8.12. The van der Waals surface area contributed by atoms with E-state index in [1.165, 1.54) is 33.6 Å². The Labute approximate surface area is 216 Å². The summed E-state index contributed by atoms with van der Waals surface area (Å²) in [6, 6.07) is 35.3. The van der Waals surface area contributed by atoms with Crippen molar-refractivity contribution in [3.8, 4) is 0 Å². The summed E-state index contributed by atoms with van der Waals surface area (Å²) in [6.07, 6.45) is 2.86. The fourth-order valence-corrected chi connectivity index (χ4v) is 4.47. The zero-order valence-corrected chi connectivity index (χ0v) is 21.9. The second kappa shape index (κ2) is 11.6. The smallest absolute Gasteiger partial charge is 0.0361 e. The highest BCUT2D eigenvalue weighted by Crippen LogP contribution is 2.34. The van der Waals surface area contributed by atoms with Crippen molar-refractivity contribution in [1.82, 2.24) is 0 Å². The Morgan fingerprint density at radius 1 is 0.639 bits per heavy atom. The quantitative estimate of drug-likeness (QED) is 0.243. The summed E-state index contributed by atoms with van der Waals surface area (Å²) in [4.78, 5) is 4.28. The lowest BCUT2D eigenvalue weighted by molar-refractivity contribution is 0.971. The van der Waals surface area contributed by atoms with E-state index in [1.54, 1.807) is 0 Å². The van der Waals surface area contributed by atoms with Crippen LogP contribution >= 0.6 is 0 Å². The van der Waals surface area contributed by atoms with Gasteiger partial charge in [0.15, 0.2) is 0 Å². The van der Waals surface area contributed by atoms with E-state index in [1.807, 2.05) is 6.08 Å². The van der Waals surface area contributed by atoms with Gasteiger partial charge in [0.05, 0.1) is 0 Å². The molecule has 0 aliphatic heterocycles. The van der Waals surface area contributed by atoms with E-state index in [0.29, 0.717) is 0 Å². The first-order chi connectivity index (χ1) is 17.4. The van der Waals surface area contributed by atoms with Crippen LogP contribution in [-0.4, -0.2) is 34.7 Å². The Balaban J connectivity index is 1.53. The van der Waals surface area contributed by atoms with Gasteiger partial charge in [0.25, 0.3) is 0 Å². The van der Waals surface area contributed by atoms with Crippen molar-refractivity contribution in [2.75, 3.05) is 49.9 Å². The molecular weight excluding hydrogens is 438 g/mol. The van der Waals surface area contributed by atoms with Crippen LogP contribution in [0.3, 0.4) is 0 Å². The van der Waals surface area contributed by atoms with E-state index in [2.05, 4.69) is 147 Å². The zero-order valence-electron chi connectivity index (χ0n) is 21.9. The molecule has 184 valence electrons. The molecule has 4 aromatic carbocycles. The minimum atomic E-state index is 0.176. The minimum absolute atomic E-state index is 0.176. The van der Waals surface area contributed by atoms with Crippen molar-refractivity contribution < 1.29 is 0 Å². The van der Waals surface area contributed by atoms with Crippen LogP contribution in [0.2, 0.25) is 0 Å². The number of anilines is 3. The Morgan fingerprint density at radius 2 is 1.08 bits per heavy atom. The summed E-state index contributed by atoms with van der Waals surface area (Å²) < 4.78 is 0. The molecule has 0 radical (unpaired) electrons. The van der Waals surface area contributed by atoms with Crippen LogP contribution in [0.1, 0.15) is 33.7 Å². The highest BCUT2D eigenvalue weighted by Gasteiger charge is 2.17. The molecular formula is C33H37N3. The fourth-order valence-electron chi connectivity index (χ4n) is 4.47. The molecule has 0 bridgehead atoms. The van der Waals surface area contributed by atoms with Gasteiger partial charge in [0.2, 0.25) is 0 Å². The third-order valence-electron chi connectivity index (χ3n) is 6.69. The van der Waals surface area contributed by atoms with E-state index in [-0.39, 0.29) is 5.92 Å². The first-order valence-electron chi connectivity index (χ1n) is 12.5. The van der Waals surface area contributed by atoms with Gasteiger partial charge in [-0.05, 0) is 70.6 Å². The summed E-state index contributed by atoms with van der Waals surface area (Å²) in [5.74, 6) is 0.176. The molecule has 0 aromatic heterocycles. The molecule has 4 aromatic rings. The van der Waals surface area contributed by atoms with Gasteiger partial charge in [-0.25, -0.2) is 0 Å². The summed E-state index contributed by atoms with van der Waals surface area (Å²) >= 11 is 0. The van der Waals surface area contributed by atoms with Crippen molar-refractivity contribution in [2.45, 2.75) is 12.3 Å². The second-order valence-corrected chi connectivity index (χ2v) is 9.65. The number of benzene rings is 4. The molecule has 0 aliphatic rings. The highest BCUT2D eigenvalue weighted by atomic mass is 15.1. The fraction of sp³-hybridized carbons (Fsp3) is 0.212. The van der Waals surface area contributed by atoms with Crippen molar-refractivity contribution in [3.05, 3.63) is 131 Å². The van der Waals surface area contributed by atoms with Crippen LogP contribution in [0.4, 0.5) is 17.1 Å². The number of nitrogens with one attached hydrogen (secondary N) is 1. The Bertz CT molecular complexity index is 1190. The van der Waals surface area contributed by atoms with Gasteiger partial charge >= 0.3 is 0 Å². The summed E-state index contributed by atoms with van der Waals surface area (Å²) in [5.41, 5.74) is 9.92. The lowest BCUT2D eigenvalue weighted by Gasteiger charge is -2.22. The minimum Gasteiger partial charge on any atom is -0.385 e. The first kappa shape index (κ1) is 25.1. The molecule has 1 N–H and O–H groups in total. The molecule has 3 nitrogen and oxygen atoms in total. The maximum Gasteiger partial charge on any atom is 0.0361 e. The van der Waals surface area contributed by atoms with Gasteiger partial charge in [0.1, 0.15) is 0 Å². The molecule has 0 aliphatic carbocycles. The average Bonchev–Trinajstić information content (AvgIpc) is 2.91. The average molecular weight is 476 g/mol. The summed E-state index contributed by atoms with van der Waals surface area (Å²) in [5, 5.41) is 3.58. The molecule has 0 atom stereocenters. The van der Waals surface area contributed by atoms with Crippen LogP contribution in [-0.2, 0) is 6.42 Å². The largest absolute Gasteiger partial charge is 0.385 e. The predicted molar refractivity (Wildman–Crippen MR) is 158 cm³/mol. The van der Waals surface area contributed by atoms with Crippen LogP contribution < -0.4 is 15.1 Å². The van der Waals surface area contributed by atoms with E-state index in [9.17, 15) is 0 Å². The standard InChI is InChI=1S/C33H37N3/c1-6-25-7-9-26(10-8-25)23-24-34-30-17-11-27(12-18-30)33(28-13-19-31(20-14-28)35(2)3)29-15-21-32(22-16-29)36(4)5/h6-22,33-34H,1,23-24H2,2-5H3. The van der Waals surface area contributed by atoms with Gasteiger partial charge in [-0.3, -0.25) is 0 Å². The number of rotatable bonds is 10. The third kappa shape index (κ3) is 6.17. The molecule has 36 heavy (non-hydrogen) atoms. The van der Waals surface area contributed by atoms with Gasteiger partial charge in [-0.15, -0.1) is 0 Å². The Hall–Kier alpha value is -3.98. The van der Waals surface area contributed by atoms with E-state index in [4.69, 9.17) is 0 Å². The lowest BCUT2D eigenvalue weighted by Crippen LogP contribution is -2.10. The molecule has 0 fully saturated rings. The van der Waals surface area contributed by atoms with E-state index < -0.39 is 0 Å². The normalized spacial score (nSPS) is 10.8. The Morgan fingerprint density at radius 3 is 1.50 bits per heavy atom. The van der Waals surface area contributed by atoms with Gasteiger partial charge in [-0.2, -0.15) is 0 Å². The molecule has 0 amide bonds. The number of nitrogens with zero attached hydrogens (tertiary/aromatic N) is 2. The van der Waals surface area contributed by atoms with Gasteiger partial charge in [0, 0.05) is 57.7 Å². The first-order valence-corrected chi connectivity index (χ1v) is 12.5. The molecule has 0 saturated heterocycles. The predicted octanol–water partition coefficient (Wildman–Crippen LogP) is 7.30. The van der Waals surface area contributed by atoms with Gasteiger partial charge in [-0.1, -0.05) is 73.3 Å². The summed E-state index contributed by atoms with van der Waals surface area (Å²) in [7, 11) is 8.31. The molecule has 4 rings (SSSR count). The van der Waals surface area contributed by atoms with Crippen molar-refractivity contribution in [1.29, 1.82) is 0 Å². The second-order valence-electron chi connectivity index (χ2n) is 9.65. The number of hydrogen-bond acceptors (Lipinski definition) is 3. The molecule has 3 heteroatoms. The molecule has 0 saturated carbocycles. The van der Waals surface area contributed by atoms with Gasteiger partial charge < -0.3 is 15.1 Å². The topological polar surface area (TPSA) is 18.5 Å². The SMILES string of the molecule is C=Cc1ccc(CCNc2ccc(C(c3ccc(N(C)C)cc3)c3ccc(N(C)C)cc3)cc2)cc1.